The van der Waals surface area contributed by atoms with Crippen LogP contribution in [-0.2, 0) is 0 Å². The van der Waals surface area contributed by atoms with E-state index in [2.05, 4.69) is 35.9 Å². The number of halogens is 1. The molecule has 0 radical (unpaired) electrons. The smallest absolute Gasteiger partial charge is 0.222 e. The van der Waals surface area contributed by atoms with Gasteiger partial charge in [0.05, 0.1) is 11.6 Å². The maximum absolute atomic E-state index is 8.68. The maximum Gasteiger partial charge on any atom is 0.222 e. The van der Waals surface area contributed by atoms with Gasteiger partial charge in [0.15, 0.2) is 0 Å². The maximum atomic E-state index is 8.68. The van der Waals surface area contributed by atoms with Crippen molar-refractivity contribution in [2.75, 3.05) is 0 Å². The molecular weight excluding hydrogens is 306 g/mol. The summed E-state index contributed by atoms with van der Waals surface area (Å²) in [7, 11) is 0. The van der Waals surface area contributed by atoms with Gasteiger partial charge in [-0.1, -0.05) is 30.3 Å². The highest BCUT2D eigenvalue weighted by molar-refractivity contribution is 6.28. The van der Waals surface area contributed by atoms with E-state index >= 15 is 0 Å². The minimum atomic E-state index is 0.244. The third kappa shape index (κ3) is 2.94. The monoisotopic (exact) mass is 319 g/mol. The Morgan fingerprint density at radius 1 is 1.17 bits per heavy atom. The lowest BCUT2D eigenvalue weighted by Gasteiger charge is -2.13. The van der Waals surface area contributed by atoms with Gasteiger partial charge < -0.3 is 0 Å². The van der Waals surface area contributed by atoms with E-state index in [1.165, 1.54) is 6.08 Å². The van der Waals surface area contributed by atoms with E-state index in [0.29, 0.717) is 0 Å². The predicted octanol–water partition coefficient (Wildman–Crippen LogP) is 5.10. The first-order valence-electron chi connectivity index (χ1n) is 7.19. The first kappa shape index (κ1) is 15.2. The SMILES string of the molecule is Cc1cc(/C=C/C#N)cc(C)c1-c1cccc2cnc(Cl)nc12. The molecule has 4 heteroatoms. The molecule has 0 saturated heterocycles. The van der Waals surface area contributed by atoms with Gasteiger partial charge in [0, 0.05) is 23.2 Å². The lowest BCUT2D eigenvalue weighted by atomic mass is 9.92. The van der Waals surface area contributed by atoms with E-state index in [1.807, 2.05) is 30.3 Å². The van der Waals surface area contributed by atoms with Crippen LogP contribution in [0.3, 0.4) is 0 Å². The van der Waals surface area contributed by atoms with Crippen LogP contribution in [0.15, 0.2) is 42.6 Å². The molecule has 0 saturated carbocycles. The highest BCUT2D eigenvalue weighted by Crippen LogP contribution is 2.33. The first-order chi connectivity index (χ1) is 11.1. The fraction of sp³-hybridized carbons (Fsp3) is 0.105. The first-order valence-corrected chi connectivity index (χ1v) is 7.57. The summed E-state index contributed by atoms with van der Waals surface area (Å²) in [4.78, 5) is 8.45. The van der Waals surface area contributed by atoms with Gasteiger partial charge in [-0.25, -0.2) is 9.97 Å². The number of nitriles is 1. The normalized spacial score (nSPS) is 11.0. The van der Waals surface area contributed by atoms with Crippen molar-refractivity contribution in [3.8, 4) is 17.2 Å². The van der Waals surface area contributed by atoms with E-state index in [0.717, 1.165) is 38.7 Å². The molecule has 0 amide bonds. The van der Waals surface area contributed by atoms with Gasteiger partial charge in [0.25, 0.3) is 0 Å². The average Bonchev–Trinajstić information content (AvgIpc) is 2.52. The molecule has 3 rings (SSSR count). The molecule has 23 heavy (non-hydrogen) atoms. The molecular formula is C19H14ClN3. The van der Waals surface area contributed by atoms with E-state index in [1.54, 1.807) is 6.20 Å². The molecule has 3 nitrogen and oxygen atoms in total. The van der Waals surface area contributed by atoms with Gasteiger partial charge in [-0.2, -0.15) is 5.26 Å². The Bertz CT molecular complexity index is 945. The Labute approximate surface area is 139 Å². The third-order valence-corrected chi connectivity index (χ3v) is 3.94. The molecule has 112 valence electrons. The van der Waals surface area contributed by atoms with E-state index in [4.69, 9.17) is 16.9 Å². The zero-order chi connectivity index (χ0) is 16.4. The largest absolute Gasteiger partial charge is 0.226 e. The van der Waals surface area contributed by atoms with E-state index in [-0.39, 0.29) is 5.28 Å². The molecule has 0 aliphatic rings. The number of benzene rings is 2. The summed E-state index contributed by atoms with van der Waals surface area (Å²) in [5, 5.41) is 9.88. The van der Waals surface area contributed by atoms with Crippen molar-refractivity contribution in [3.05, 3.63) is 64.6 Å². The predicted molar refractivity (Wildman–Crippen MR) is 94.1 cm³/mol. The molecule has 0 unspecified atom stereocenters. The summed E-state index contributed by atoms with van der Waals surface area (Å²) in [5.74, 6) is 0. The fourth-order valence-electron chi connectivity index (χ4n) is 2.89. The Kier molecular flexibility index (Phi) is 4.10. The summed E-state index contributed by atoms with van der Waals surface area (Å²) < 4.78 is 0. The number of hydrogen-bond acceptors (Lipinski definition) is 3. The topological polar surface area (TPSA) is 49.6 Å². The van der Waals surface area contributed by atoms with Crippen LogP contribution in [0, 0.1) is 25.2 Å². The molecule has 1 aromatic heterocycles. The lowest BCUT2D eigenvalue weighted by Crippen LogP contribution is -1.93. The summed E-state index contributed by atoms with van der Waals surface area (Å²) in [5.41, 5.74) is 6.30. The number of nitrogens with zero attached hydrogens (tertiary/aromatic N) is 3. The number of para-hydroxylation sites is 1. The number of aryl methyl sites for hydroxylation is 2. The van der Waals surface area contributed by atoms with Crippen LogP contribution in [0.25, 0.3) is 28.1 Å². The highest BCUT2D eigenvalue weighted by Gasteiger charge is 2.12. The van der Waals surface area contributed by atoms with Crippen LogP contribution >= 0.6 is 11.6 Å². The van der Waals surface area contributed by atoms with Crippen LogP contribution in [0.1, 0.15) is 16.7 Å². The van der Waals surface area contributed by atoms with Crippen LogP contribution in [-0.4, -0.2) is 9.97 Å². The zero-order valence-electron chi connectivity index (χ0n) is 12.8. The van der Waals surface area contributed by atoms with Crippen LogP contribution in [0.5, 0.6) is 0 Å². The Hall–Kier alpha value is -2.70. The van der Waals surface area contributed by atoms with Crippen molar-refractivity contribution < 1.29 is 0 Å². The minimum absolute atomic E-state index is 0.244. The fourth-order valence-corrected chi connectivity index (χ4v) is 3.02. The van der Waals surface area contributed by atoms with Gasteiger partial charge in [-0.15, -0.1) is 0 Å². The Morgan fingerprint density at radius 3 is 2.61 bits per heavy atom. The van der Waals surface area contributed by atoms with Crippen molar-refractivity contribution in [3.63, 3.8) is 0 Å². The summed E-state index contributed by atoms with van der Waals surface area (Å²) in [6, 6.07) is 12.2. The van der Waals surface area contributed by atoms with E-state index in [9.17, 15) is 0 Å². The number of hydrogen-bond donors (Lipinski definition) is 0. The minimum Gasteiger partial charge on any atom is -0.226 e. The molecule has 0 bridgehead atoms. The molecule has 1 heterocycles. The highest BCUT2D eigenvalue weighted by atomic mass is 35.5. The molecule has 0 aliphatic carbocycles. The van der Waals surface area contributed by atoms with Crippen molar-refractivity contribution in [1.29, 1.82) is 5.26 Å². The van der Waals surface area contributed by atoms with Crippen LogP contribution in [0.2, 0.25) is 5.28 Å². The summed E-state index contributed by atoms with van der Waals surface area (Å²) in [6.45, 7) is 4.13. The molecule has 3 aromatic rings. The molecule has 0 spiro atoms. The number of allylic oxidation sites excluding steroid dienone is 1. The second-order valence-corrected chi connectivity index (χ2v) is 5.71. The van der Waals surface area contributed by atoms with E-state index < -0.39 is 0 Å². The van der Waals surface area contributed by atoms with Gasteiger partial charge in [-0.05, 0) is 53.8 Å². The third-order valence-electron chi connectivity index (χ3n) is 3.76. The van der Waals surface area contributed by atoms with Crippen LogP contribution in [0.4, 0.5) is 0 Å². The van der Waals surface area contributed by atoms with Crippen molar-refractivity contribution in [1.82, 2.24) is 9.97 Å². The molecule has 0 aliphatic heterocycles. The second kappa shape index (κ2) is 6.20. The summed E-state index contributed by atoms with van der Waals surface area (Å²) in [6.07, 6.45) is 5.04. The molecule has 0 N–H and O–H groups in total. The van der Waals surface area contributed by atoms with Gasteiger partial charge in [0.1, 0.15) is 0 Å². The lowest BCUT2D eigenvalue weighted by molar-refractivity contribution is 1.22. The number of aromatic nitrogens is 2. The van der Waals surface area contributed by atoms with Crippen molar-refractivity contribution >= 4 is 28.6 Å². The zero-order valence-corrected chi connectivity index (χ0v) is 13.6. The second-order valence-electron chi connectivity index (χ2n) is 5.37. The summed E-state index contributed by atoms with van der Waals surface area (Å²) >= 11 is 5.98. The quantitative estimate of drug-likeness (QED) is 0.487. The standard InChI is InChI=1S/C19H14ClN3/c1-12-9-14(5-4-8-21)10-13(2)17(12)16-7-3-6-15-11-22-19(20)23-18(15)16/h3-7,9-11H,1-2H3/b5-4+. The average molecular weight is 320 g/mol. The van der Waals surface area contributed by atoms with Gasteiger partial charge >= 0.3 is 0 Å². The van der Waals surface area contributed by atoms with Crippen LogP contribution < -0.4 is 0 Å². The van der Waals surface area contributed by atoms with Crippen molar-refractivity contribution in [2.45, 2.75) is 13.8 Å². The van der Waals surface area contributed by atoms with Gasteiger partial charge in [0.2, 0.25) is 5.28 Å². The van der Waals surface area contributed by atoms with Crippen molar-refractivity contribution in [2.24, 2.45) is 0 Å². The van der Waals surface area contributed by atoms with Gasteiger partial charge in [-0.3, -0.25) is 0 Å². The molecule has 0 fully saturated rings. The molecule has 2 aromatic carbocycles. The molecule has 0 atom stereocenters. The number of fused-ring (bicyclic) bond motifs is 1. The Balaban J connectivity index is 2.26. The number of rotatable bonds is 2. The Morgan fingerprint density at radius 2 is 1.91 bits per heavy atom.